The van der Waals surface area contributed by atoms with Gasteiger partial charge in [-0.2, -0.15) is 0 Å². The van der Waals surface area contributed by atoms with Crippen LogP contribution in [0.5, 0.6) is 0 Å². The molecular weight excluding hydrogens is 360 g/mol. The highest BCUT2D eigenvalue weighted by Gasteiger charge is 2.30. The van der Waals surface area contributed by atoms with Gasteiger partial charge in [-0.15, -0.1) is 0 Å². The molecule has 1 saturated carbocycles. The van der Waals surface area contributed by atoms with Crippen LogP contribution in [-0.4, -0.2) is 28.0 Å². The highest BCUT2D eigenvalue weighted by Crippen LogP contribution is 2.42. The van der Waals surface area contributed by atoms with Crippen molar-refractivity contribution >= 4 is 38.7 Å². The average Bonchev–Trinajstić information content (AvgIpc) is 3.30. The summed E-state index contributed by atoms with van der Waals surface area (Å²) in [5.41, 5.74) is 3.07. The molecule has 0 bridgehead atoms. The van der Waals surface area contributed by atoms with E-state index < -0.39 is 12.0 Å². The second kappa shape index (κ2) is 5.92. The van der Waals surface area contributed by atoms with E-state index in [0.717, 1.165) is 39.5 Å². The Kier molecular flexibility index (Phi) is 4.10. The van der Waals surface area contributed by atoms with Crippen molar-refractivity contribution in [2.45, 2.75) is 38.6 Å². The predicted molar refractivity (Wildman–Crippen MR) is 90.7 cm³/mol. The van der Waals surface area contributed by atoms with Gasteiger partial charge in [-0.05, 0) is 50.5 Å². The van der Waals surface area contributed by atoms with Gasteiger partial charge in [-0.3, -0.25) is 14.6 Å². The van der Waals surface area contributed by atoms with E-state index >= 15 is 0 Å². The van der Waals surface area contributed by atoms with Crippen molar-refractivity contribution in [1.82, 2.24) is 10.3 Å². The van der Waals surface area contributed by atoms with Crippen molar-refractivity contribution < 1.29 is 14.7 Å². The van der Waals surface area contributed by atoms with E-state index in [2.05, 4.69) is 21.2 Å². The molecule has 23 heavy (non-hydrogen) atoms. The normalized spacial score (nSPS) is 15.4. The van der Waals surface area contributed by atoms with Gasteiger partial charge in [-0.1, -0.05) is 15.9 Å². The van der Waals surface area contributed by atoms with E-state index in [0.29, 0.717) is 11.5 Å². The molecule has 1 atom stereocenters. The molecule has 1 aliphatic carbocycles. The summed E-state index contributed by atoms with van der Waals surface area (Å²) < 4.78 is 0.853. The summed E-state index contributed by atoms with van der Waals surface area (Å²) >= 11 is 3.42. The van der Waals surface area contributed by atoms with E-state index in [1.54, 1.807) is 0 Å². The van der Waals surface area contributed by atoms with Gasteiger partial charge < -0.3 is 10.4 Å². The molecule has 2 N–H and O–H groups in total. The van der Waals surface area contributed by atoms with Crippen LogP contribution in [0, 0.1) is 6.92 Å². The Morgan fingerprint density at radius 2 is 2.09 bits per heavy atom. The number of pyridine rings is 1. The Hall–Kier alpha value is -1.95. The average molecular weight is 377 g/mol. The van der Waals surface area contributed by atoms with E-state index in [4.69, 9.17) is 10.1 Å². The third kappa shape index (κ3) is 3.08. The van der Waals surface area contributed by atoms with E-state index in [9.17, 15) is 9.59 Å². The molecule has 1 heterocycles. The Labute approximate surface area is 142 Å². The smallest absolute Gasteiger partial charge is 0.325 e. The standard InChI is InChI=1S/C17H17BrN2O3/c1-8-14(16(21)19-9(2)17(22)23)12-7-11(18)5-6-13(12)20-15(8)10-3-4-10/h5-7,9-10H,3-4H2,1-2H3,(H,19,21)(H,22,23)/t9-/m1/s1. The first-order chi connectivity index (χ1) is 10.9. The molecule has 0 radical (unpaired) electrons. The number of nitrogens with zero attached hydrogens (tertiary/aromatic N) is 1. The Balaban J connectivity index is 2.15. The van der Waals surface area contributed by atoms with Crippen LogP contribution in [0.1, 0.15) is 47.3 Å². The van der Waals surface area contributed by atoms with Gasteiger partial charge in [0.1, 0.15) is 6.04 Å². The molecule has 1 fully saturated rings. The summed E-state index contributed by atoms with van der Waals surface area (Å²) in [5, 5.41) is 12.3. The maximum Gasteiger partial charge on any atom is 0.325 e. The minimum absolute atomic E-state index is 0.371. The molecular formula is C17H17BrN2O3. The topological polar surface area (TPSA) is 79.3 Å². The van der Waals surface area contributed by atoms with Crippen LogP contribution in [0.4, 0.5) is 0 Å². The minimum atomic E-state index is -1.06. The number of aliphatic carboxylic acids is 1. The molecule has 1 aromatic carbocycles. The Bertz CT molecular complexity index is 815. The van der Waals surface area contributed by atoms with Crippen LogP contribution in [0.15, 0.2) is 22.7 Å². The summed E-state index contributed by atoms with van der Waals surface area (Å²) in [7, 11) is 0. The van der Waals surface area contributed by atoms with Crippen molar-refractivity contribution in [3.8, 4) is 0 Å². The molecule has 0 aliphatic heterocycles. The quantitative estimate of drug-likeness (QED) is 0.856. The number of rotatable bonds is 4. The molecule has 2 aromatic rings. The lowest BCUT2D eigenvalue weighted by molar-refractivity contribution is -0.138. The molecule has 1 aliphatic rings. The zero-order chi connectivity index (χ0) is 16.7. The van der Waals surface area contributed by atoms with Crippen molar-refractivity contribution in [1.29, 1.82) is 0 Å². The first-order valence-electron chi connectivity index (χ1n) is 7.52. The number of fused-ring (bicyclic) bond motifs is 1. The molecule has 1 aromatic heterocycles. The molecule has 3 rings (SSSR count). The molecule has 5 nitrogen and oxygen atoms in total. The summed E-state index contributed by atoms with van der Waals surface area (Å²) in [6.45, 7) is 3.35. The third-order valence-electron chi connectivity index (χ3n) is 4.14. The van der Waals surface area contributed by atoms with Gasteiger partial charge in [-0.25, -0.2) is 0 Å². The van der Waals surface area contributed by atoms with Crippen LogP contribution in [0.3, 0.4) is 0 Å². The lowest BCUT2D eigenvalue weighted by Crippen LogP contribution is -2.38. The number of amides is 1. The summed E-state index contributed by atoms with van der Waals surface area (Å²) in [6, 6.07) is 4.68. The lowest BCUT2D eigenvalue weighted by Gasteiger charge is -2.16. The number of carbonyl (C=O) groups is 2. The molecule has 0 unspecified atom stereocenters. The largest absolute Gasteiger partial charge is 0.480 e. The van der Waals surface area contributed by atoms with Gasteiger partial charge in [0.15, 0.2) is 0 Å². The maximum absolute atomic E-state index is 12.7. The fourth-order valence-electron chi connectivity index (χ4n) is 2.73. The van der Waals surface area contributed by atoms with Crippen LogP contribution in [0.25, 0.3) is 10.9 Å². The molecule has 0 saturated heterocycles. The van der Waals surface area contributed by atoms with Crippen molar-refractivity contribution in [3.05, 3.63) is 39.5 Å². The maximum atomic E-state index is 12.7. The van der Waals surface area contributed by atoms with Gasteiger partial charge in [0.25, 0.3) is 5.91 Å². The van der Waals surface area contributed by atoms with Crippen LogP contribution in [-0.2, 0) is 4.79 Å². The van der Waals surface area contributed by atoms with Crippen LogP contribution < -0.4 is 5.32 Å². The highest BCUT2D eigenvalue weighted by molar-refractivity contribution is 9.10. The Morgan fingerprint density at radius 3 is 2.70 bits per heavy atom. The minimum Gasteiger partial charge on any atom is -0.480 e. The zero-order valence-corrected chi connectivity index (χ0v) is 14.5. The number of halogens is 1. The second-order valence-corrected chi connectivity index (χ2v) is 6.88. The van der Waals surface area contributed by atoms with Crippen molar-refractivity contribution in [3.63, 3.8) is 0 Å². The fourth-order valence-corrected chi connectivity index (χ4v) is 3.09. The number of hydrogen-bond donors (Lipinski definition) is 2. The van der Waals surface area contributed by atoms with Crippen molar-refractivity contribution in [2.75, 3.05) is 0 Å². The molecule has 6 heteroatoms. The summed E-state index contributed by atoms with van der Waals surface area (Å²) in [4.78, 5) is 28.4. The number of carbonyl (C=O) groups excluding carboxylic acids is 1. The first-order valence-corrected chi connectivity index (χ1v) is 8.31. The first kappa shape index (κ1) is 15.9. The predicted octanol–water partition coefficient (Wildman–Crippen LogP) is 3.39. The Morgan fingerprint density at radius 1 is 1.39 bits per heavy atom. The number of aromatic nitrogens is 1. The monoisotopic (exact) mass is 376 g/mol. The molecule has 120 valence electrons. The number of carboxylic acid groups (broad SMARTS) is 1. The number of benzene rings is 1. The molecule has 1 amide bonds. The summed E-state index contributed by atoms with van der Waals surface area (Å²) in [5.74, 6) is -1.02. The molecule has 0 spiro atoms. The number of carboxylic acids is 1. The lowest BCUT2D eigenvalue weighted by atomic mass is 9.98. The van der Waals surface area contributed by atoms with Crippen LogP contribution in [0.2, 0.25) is 0 Å². The second-order valence-electron chi connectivity index (χ2n) is 5.97. The summed E-state index contributed by atoms with van der Waals surface area (Å²) in [6.07, 6.45) is 2.17. The van der Waals surface area contributed by atoms with E-state index in [-0.39, 0.29) is 5.91 Å². The fraction of sp³-hybridized carbons (Fsp3) is 0.353. The van der Waals surface area contributed by atoms with Gasteiger partial charge in [0.05, 0.1) is 11.1 Å². The van der Waals surface area contributed by atoms with Gasteiger partial charge in [0, 0.05) is 21.5 Å². The third-order valence-corrected chi connectivity index (χ3v) is 4.63. The van der Waals surface area contributed by atoms with Gasteiger partial charge in [0.2, 0.25) is 0 Å². The van der Waals surface area contributed by atoms with E-state index in [1.807, 2.05) is 25.1 Å². The zero-order valence-electron chi connectivity index (χ0n) is 12.9. The van der Waals surface area contributed by atoms with Crippen molar-refractivity contribution in [2.24, 2.45) is 0 Å². The van der Waals surface area contributed by atoms with Gasteiger partial charge >= 0.3 is 5.97 Å². The van der Waals surface area contributed by atoms with E-state index in [1.165, 1.54) is 6.92 Å². The highest BCUT2D eigenvalue weighted by atomic mass is 79.9. The number of hydrogen-bond acceptors (Lipinski definition) is 3. The number of nitrogens with one attached hydrogen (secondary N) is 1. The van der Waals surface area contributed by atoms with Crippen LogP contribution >= 0.6 is 15.9 Å². The SMILES string of the molecule is Cc1c(C2CC2)nc2ccc(Br)cc2c1C(=O)N[C@H](C)C(=O)O.